The van der Waals surface area contributed by atoms with E-state index in [2.05, 4.69) is 20.6 Å². The lowest BCUT2D eigenvalue weighted by atomic mass is 10.4. The number of allylic oxidation sites excluding steroid dienone is 1. The van der Waals surface area contributed by atoms with Crippen LogP contribution < -0.4 is 0 Å². The second kappa shape index (κ2) is 3.57. The van der Waals surface area contributed by atoms with Crippen LogP contribution in [0.4, 0.5) is 0 Å². The van der Waals surface area contributed by atoms with Crippen LogP contribution in [0.2, 0.25) is 0 Å². The molecule has 0 aliphatic rings. The van der Waals surface area contributed by atoms with E-state index in [1.54, 1.807) is 0 Å². The second-order valence-electron chi connectivity index (χ2n) is 2.03. The van der Waals surface area contributed by atoms with Crippen LogP contribution in [0, 0.1) is 0 Å². The summed E-state index contributed by atoms with van der Waals surface area (Å²) in [6, 6.07) is 0. The third-order valence-electron chi connectivity index (χ3n) is 1.00. The van der Waals surface area contributed by atoms with Crippen molar-refractivity contribution in [3.05, 3.63) is 17.7 Å². The highest BCUT2D eigenvalue weighted by molar-refractivity contribution is 7.55. The molecule has 1 aromatic rings. The van der Waals surface area contributed by atoms with E-state index in [9.17, 15) is 4.57 Å². The van der Waals surface area contributed by atoms with Crippen molar-refractivity contribution in [2.75, 3.05) is 0 Å². The Balaban J connectivity index is 2.47. The molecule has 0 radical (unpaired) electrons. The number of aromatic amines is 1. The van der Waals surface area contributed by atoms with E-state index in [-0.39, 0.29) is 6.42 Å². The van der Waals surface area contributed by atoms with E-state index in [0.29, 0.717) is 5.82 Å². The summed E-state index contributed by atoms with van der Waals surface area (Å²) in [6.07, 6.45) is 1.58. The van der Waals surface area contributed by atoms with Crippen molar-refractivity contribution in [1.29, 1.82) is 0 Å². The van der Waals surface area contributed by atoms with Crippen LogP contribution in [-0.2, 0) is 11.0 Å². The molecule has 1 heterocycles. The lowest BCUT2D eigenvalue weighted by molar-refractivity contribution is 0.386. The molecule has 0 fully saturated rings. The minimum atomic E-state index is -4.05. The van der Waals surface area contributed by atoms with E-state index in [1.165, 1.54) is 6.08 Å². The van der Waals surface area contributed by atoms with Gasteiger partial charge in [0.15, 0.2) is 5.82 Å². The molecular formula is C4H7N4O3P. The second-order valence-corrected chi connectivity index (χ2v) is 3.50. The van der Waals surface area contributed by atoms with Crippen molar-refractivity contribution < 1.29 is 14.4 Å². The molecule has 0 aromatic carbocycles. The maximum absolute atomic E-state index is 10.3. The summed E-state index contributed by atoms with van der Waals surface area (Å²) in [5, 5.41) is 12.5. The monoisotopic (exact) mass is 190 g/mol. The van der Waals surface area contributed by atoms with Gasteiger partial charge in [-0.2, -0.15) is 0 Å². The summed E-state index contributed by atoms with van der Waals surface area (Å²) in [5.74, 6) is 1.27. The van der Waals surface area contributed by atoms with Gasteiger partial charge in [-0.3, -0.25) is 4.57 Å². The molecule has 3 N–H and O–H groups in total. The zero-order valence-electron chi connectivity index (χ0n) is 5.95. The van der Waals surface area contributed by atoms with Gasteiger partial charge in [0.05, 0.1) is 0 Å². The van der Waals surface area contributed by atoms with E-state index in [1.807, 2.05) is 0 Å². The minimum Gasteiger partial charge on any atom is -0.321 e. The van der Waals surface area contributed by atoms with Gasteiger partial charge in [-0.15, -0.1) is 5.10 Å². The molecule has 0 aliphatic heterocycles. The van der Waals surface area contributed by atoms with Crippen LogP contribution in [-0.4, -0.2) is 30.4 Å². The molecule has 0 aliphatic carbocycles. The molecule has 0 amide bonds. The van der Waals surface area contributed by atoms with Gasteiger partial charge >= 0.3 is 7.60 Å². The number of nitrogens with zero attached hydrogens (tertiary/aromatic N) is 3. The average molecular weight is 190 g/mol. The fourth-order valence-electron chi connectivity index (χ4n) is 0.567. The molecule has 1 aromatic heterocycles. The van der Waals surface area contributed by atoms with Gasteiger partial charge in [-0.1, -0.05) is 6.08 Å². The summed E-state index contributed by atoms with van der Waals surface area (Å²) in [7, 11) is -4.05. The Hall–Kier alpha value is -1.04. The fourth-order valence-corrected chi connectivity index (χ4v) is 0.947. The first-order chi connectivity index (χ1) is 5.58. The van der Waals surface area contributed by atoms with Crippen LogP contribution in [0.25, 0.3) is 0 Å². The quantitative estimate of drug-likeness (QED) is 0.550. The Morgan fingerprint density at radius 2 is 2.33 bits per heavy atom. The predicted octanol–water partition coefficient (Wildman–Crippen LogP) is -0.566. The highest BCUT2D eigenvalue weighted by Crippen LogP contribution is 2.35. The number of hydrogen-bond donors (Lipinski definition) is 3. The first-order valence-corrected chi connectivity index (χ1v) is 4.71. The van der Waals surface area contributed by atoms with Crippen molar-refractivity contribution in [2.24, 2.45) is 0 Å². The number of nitrogens with one attached hydrogen (secondary N) is 1. The molecule has 0 unspecified atom stereocenters. The normalized spacial score (nSPS) is 12.5. The first kappa shape index (κ1) is 9.05. The maximum atomic E-state index is 10.3. The van der Waals surface area contributed by atoms with Crippen LogP contribution in [0.5, 0.6) is 0 Å². The molecule has 0 saturated heterocycles. The third kappa shape index (κ3) is 3.38. The molecule has 0 bridgehead atoms. The minimum absolute atomic E-state index is 0.276. The maximum Gasteiger partial charge on any atom is 0.348 e. The first-order valence-electron chi connectivity index (χ1n) is 3.03. The zero-order chi connectivity index (χ0) is 9.03. The number of H-pyrrole nitrogens is 1. The largest absolute Gasteiger partial charge is 0.348 e. The average Bonchev–Trinajstić information content (AvgIpc) is 2.36. The molecule has 7 nitrogen and oxygen atoms in total. The summed E-state index contributed by atoms with van der Waals surface area (Å²) >= 11 is 0. The summed E-state index contributed by atoms with van der Waals surface area (Å²) < 4.78 is 10.3. The van der Waals surface area contributed by atoms with Crippen LogP contribution in [0.1, 0.15) is 5.82 Å². The fraction of sp³-hybridized carbons (Fsp3) is 0.250. The lowest BCUT2D eigenvalue weighted by Crippen LogP contribution is -1.83. The molecule has 0 atom stereocenters. The molecular weight excluding hydrogens is 183 g/mol. The van der Waals surface area contributed by atoms with Gasteiger partial charge < -0.3 is 9.79 Å². The van der Waals surface area contributed by atoms with Crippen molar-refractivity contribution in [2.45, 2.75) is 6.42 Å². The van der Waals surface area contributed by atoms with Crippen LogP contribution in [0.3, 0.4) is 0 Å². The summed E-state index contributed by atoms with van der Waals surface area (Å²) in [4.78, 5) is 16.8. The van der Waals surface area contributed by atoms with Gasteiger partial charge in [-0.05, 0) is 10.4 Å². The van der Waals surface area contributed by atoms with E-state index >= 15 is 0 Å². The SMILES string of the molecule is O=P(O)(O)C=CCc1nnn[nH]1. The van der Waals surface area contributed by atoms with Crippen molar-refractivity contribution in [3.63, 3.8) is 0 Å². The van der Waals surface area contributed by atoms with Gasteiger partial charge in [0.25, 0.3) is 0 Å². The standard InChI is InChI=1S/C4H7N4O3P/c9-12(10,11)3-1-2-4-5-7-8-6-4/h1,3H,2H2,(H2,9,10,11)(H,5,6,7,8). The van der Waals surface area contributed by atoms with Gasteiger partial charge in [-0.25, -0.2) is 5.10 Å². The Morgan fingerprint density at radius 1 is 1.58 bits per heavy atom. The summed E-state index contributed by atoms with van der Waals surface area (Å²) in [6.45, 7) is 0. The molecule has 66 valence electrons. The Labute approximate surface area is 67.7 Å². The van der Waals surface area contributed by atoms with E-state index in [4.69, 9.17) is 9.79 Å². The molecule has 8 heteroatoms. The van der Waals surface area contributed by atoms with Gasteiger partial charge in [0.1, 0.15) is 0 Å². The number of aromatic nitrogens is 4. The Kier molecular flexibility index (Phi) is 2.69. The number of tetrazole rings is 1. The number of rotatable bonds is 3. The predicted molar refractivity (Wildman–Crippen MR) is 39.1 cm³/mol. The van der Waals surface area contributed by atoms with Crippen molar-refractivity contribution in [1.82, 2.24) is 20.6 Å². The number of hydrogen-bond acceptors (Lipinski definition) is 4. The highest BCUT2D eigenvalue weighted by Gasteiger charge is 2.04. The highest BCUT2D eigenvalue weighted by atomic mass is 31.2. The van der Waals surface area contributed by atoms with E-state index in [0.717, 1.165) is 5.82 Å². The topological polar surface area (TPSA) is 112 Å². The zero-order valence-corrected chi connectivity index (χ0v) is 6.85. The van der Waals surface area contributed by atoms with Gasteiger partial charge in [0.2, 0.25) is 0 Å². The van der Waals surface area contributed by atoms with E-state index < -0.39 is 7.60 Å². The molecule has 0 saturated carbocycles. The smallest absolute Gasteiger partial charge is 0.321 e. The summed E-state index contributed by atoms with van der Waals surface area (Å²) in [5.41, 5.74) is 0. The third-order valence-corrected chi connectivity index (χ3v) is 1.60. The molecule has 0 spiro atoms. The van der Waals surface area contributed by atoms with Crippen molar-refractivity contribution in [3.8, 4) is 0 Å². The van der Waals surface area contributed by atoms with Crippen LogP contribution in [0.15, 0.2) is 11.9 Å². The van der Waals surface area contributed by atoms with Crippen LogP contribution >= 0.6 is 7.60 Å². The lowest BCUT2D eigenvalue weighted by Gasteiger charge is -1.92. The van der Waals surface area contributed by atoms with Gasteiger partial charge in [0, 0.05) is 12.2 Å². The Bertz CT molecular complexity index is 302. The Morgan fingerprint density at radius 3 is 2.83 bits per heavy atom. The molecule has 12 heavy (non-hydrogen) atoms. The molecule has 1 rings (SSSR count). The van der Waals surface area contributed by atoms with Crippen molar-refractivity contribution >= 4 is 7.60 Å².